The van der Waals surface area contributed by atoms with Crippen molar-refractivity contribution < 1.29 is 43.2 Å². The van der Waals surface area contributed by atoms with Crippen molar-refractivity contribution in [2.45, 2.75) is 83.3 Å². The van der Waals surface area contributed by atoms with E-state index in [1.807, 2.05) is 41.5 Å². The molecule has 5 nitrogen and oxygen atoms in total. The minimum Gasteiger partial charge on any atom is -0.206 e. The van der Waals surface area contributed by atoms with Crippen molar-refractivity contribution in [3.63, 3.8) is 0 Å². The van der Waals surface area contributed by atoms with Crippen LogP contribution in [0.5, 0.6) is 0 Å². The van der Waals surface area contributed by atoms with Crippen LogP contribution in [0, 0.1) is 5.41 Å². The van der Waals surface area contributed by atoms with Crippen LogP contribution >= 0.6 is 0 Å². The molecule has 1 rings (SSSR count). The molecule has 1 aromatic carbocycles. The number of nitrogens with zero attached hydrogens (tertiary/aromatic N) is 1. The number of rotatable bonds is 8. The van der Waals surface area contributed by atoms with Gasteiger partial charge in [-0.2, -0.15) is 26.3 Å². The van der Waals surface area contributed by atoms with Crippen LogP contribution in [0.15, 0.2) is 29.2 Å². The summed E-state index contributed by atoms with van der Waals surface area (Å²) in [6.07, 6.45) is -5.60. The van der Waals surface area contributed by atoms with Gasteiger partial charge in [-0.15, -0.1) is 0 Å². The monoisotopic (exact) mass is 527 g/mol. The van der Waals surface area contributed by atoms with E-state index in [0.29, 0.717) is 5.56 Å². The first-order chi connectivity index (χ1) is 14.7. The van der Waals surface area contributed by atoms with Gasteiger partial charge in [0.2, 0.25) is 0 Å². The summed E-state index contributed by atoms with van der Waals surface area (Å²) in [5.41, 5.74) is -5.65. The Morgan fingerprint density at radius 3 is 1.67 bits per heavy atom. The van der Waals surface area contributed by atoms with E-state index in [-0.39, 0.29) is 11.3 Å². The van der Waals surface area contributed by atoms with Gasteiger partial charge in [-0.1, -0.05) is 63.8 Å². The fraction of sp³-hybridized carbons (Fsp3) is 0.700. The smallest absolute Gasteiger partial charge is 0.206 e. The maximum absolute atomic E-state index is 13.0. The first-order valence-corrected chi connectivity index (χ1v) is 13.1. The molecule has 0 spiro atoms. The van der Waals surface area contributed by atoms with E-state index in [4.69, 9.17) is 0 Å². The molecule has 0 N–H and O–H groups in total. The average molecular weight is 528 g/mol. The van der Waals surface area contributed by atoms with Crippen LogP contribution in [0.1, 0.15) is 72.3 Å². The topological polar surface area (TPSA) is 71.5 Å². The van der Waals surface area contributed by atoms with E-state index in [9.17, 15) is 43.2 Å². The predicted molar refractivity (Wildman–Crippen MR) is 114 cm³/mol. The van der Waals surface area contributed by atoms with Gasteiger partial charge in [-0.25, -0.2) is 16.8 Å². The van der Waals surface area contributed by atoms with Crippen LogP contribution in [0.25, 0.3) is 0 Å². The van der Waals surface area contributed by atoms with Gasteiger partial charge in [0.1, 0.15) is 0 Å². The molecule has 0 aliphatic rings. The highest BCUT2D eigenvalue weighted by molar-refractivity contribution is 8.04. The number of sulfonamides is 2. The highest BCUT2D eigenvalue weighted by atomic mass is 32.3. The van der Waals surface area contributed by atoms with E-state index in [0.717, 1.165) is 25.0 Å². The predicted octanol–water partition coefficient (Wildman–Crippen LogP) is 6.44. The summed E-state index contributed by atoms with van der Waals surface area (Å²) < 4.78 is 124. The van der Waals surface area contributed by atoms with Crippen LogP contribution < -0.4 is 0 Å². The summed E-state index contributed by atoms with van der Waals surface area (Å²) in [7, 11) is -12.0. The maximum Gasteiger partial charge on any atom is 0.512 e. The summed E-state index contributed by atoms with van der Waals surface area (Å²) in [5.74, 6) is -0.0329. The standard InChI is InChI=1S/C18H25F6NO4S2.C2H6/c1-5-6-15(16(2,3)4)13-7-9-14(10-8-13)30(26,27)25(12-11-17(19,20)21)31(28,29)18(22,23)24;1-2/h7-10,15H,5-6,11-12H2,1-4H3;1-2H3. The molecule has 0 amide bonds. The molecule has 0 aliphatic heterocycles. The molecule has 0 bridgehead atoms. The van der Waals surface area contributed by atoms with Crippen molar-refractivity contribution in [2.24, 2.45) is 5.41 Å². The van der Waals surface area contributed by atoms with Crippen LogP contribution in [0.2, 0.25) is 0 Å². The Kier molecular flexibility index (Phi) is 10.9. The Hall–Kier alpha value is -1.34. The lowest BCUT2D eigenvalue weighted by Crippen LogP contribution is -2.45. The van der Waals surface area contributed by atoms with Crippen LogP contribution in [0.3, 0.4) is 0 Å². The Balaban J connectivity index is 0.00000497. The molecule has 0 aromatic heterocycles. The molecule has 0 saturated carbocycles. The molecular formula is C20H31F6NO4S2. The zero-order valence-electron chi connectivity index (χ0n) is 19.4. The normalized spacial score (nSPS) is 14.6. The summed E-state index contributed by atoms with van der Waals surface area (Å²) in [4.78, 5) is -0.851. The Labute approximate surface area is 192 Å². The molecule has 33 heavy (non-hydrogen) atoms. The Morgan fingerprint density at radius 2 is 1.33 bits per heavy atom. The second-order valence-electron chi connectivity index (χ2n) is 8.09. The van der Waals surface area contributed by atoms with E-state index < -0.39 is 53.3 Å². The van der Waals surface area contributed by atoms with Gasteiger partial charge in [-0.3, -0.25) is 0 Å². The van der Waals surface area contributed by atoms with Gasteiger partial charge in [0.15, 0.2) is 0 Å². The SMILES string of the molecule is CC.CCCC(c1ccc(S(=O)(=O)N(CCC(F)(F)F)S(=O)(=O)C(F)(F)F)cc1)C(C)(C)C. The van der Waals surface area contributed by atoms with Crippen molar-refractivity contribution in [1.29, 1.82) is 0 Å². The molecule has 1 atom stereocenters. The van der Waals surface area contributed by atoms with Crippen molar-refractivity contribution in [1.82, 2.24) is 3.71 Å². The van der Waals surface area contributed by atoms with E-state index >= 15 is 0 Å². The molecule has 0 radical (unpaired) electrons. The molecule has 0 saturated heterocycles. The van der Waals surface area contributed by atoms with Gasteiger partial charge in [-0.05, 0) is 35.4 Å². The zero-order chi connectivity index (χ0) is 26.5. The minimum absolute atomic E-state index is 0.0329. The lowest BCUT2D eigenvalue weighted by molar-refractivity contribution is -0.134. The lowest BCUT2D eigenvalue weighted by Gasteiger charge is -2.31. The molecule has 0 heterocycles. The van der Waals surface area contributed by atoms with Crippen molar-refractivity contribution in [2.75, 3.05) is 6.54 Å². The quantitative estimate of drug-likeness (QED) is 0.365. The molecule has 1 unspecified atom stereocenters. The molecule has 0 aliphatic carbocycles. The third-order valence-electron chi connectivity index (χ3n) is 4.61. The molecule has 1 aromatic rings. The number of benzene rings is 1. The van der Waals surface area contributed by atoms with Gasteiger partial charge in [0.05, 0.1) is 11.3 Å². The second kappa shape index (κ2) is 11.4. The Bertz CT molecular complexity index is 948. The number of halogens is 6. The molecule has 13 heteroatoms. The van der Waals surface area contributed by atoms with E-state index in [1.165, 1.54) is 12.1 Å². The van der Waals surface area contributed by atoms with E-state index in [1.54, 1.807) is 0 Å². The average Bonchev–Trinajstić information content (AvgIpc) is 2.65. The summed E-state index contributed by atoms with van der Waals surface area (Å²) in [6, 6.07) is 4.48. The van der Waals surface area contributed by atoms with Gasteiger partial charge >= 0.3 is 21.7 Å². The number of hydrogen-bond acceptors (Lipinski definition) is 4. The van der Waals surface area contributed by atoms with Crippen molar-refractivity contribution >= 4 is 20.0 Å². The lowest BCUT2D eigenvalue weighted by atomic mass is 9.74. The fourth-order valence-corrected chi connectivity index (χ4v) is 6.24. The summed E-state index contributed by atoms with van der Waals surface area (Å²) >= 11 is 0. The minimum atomic E-state index is -6.58. The zero-order valence-corrected chi connectivity index (χ0v) is 21.0. The maximum atomic E-state index is 13.0. The number of alkyl halides is 6. The van der Waals surface area contributed by atoms with Crippen LogP contribution in [0.4, 0.5) is 26.3 Å². The third kappa shape index (κ3) is 8.43. The highest BCUT2D eigenvalue weighted by Crippen LogP contribution is 2.39. The van der Waals surface area contributed by atoms with Gasteiger partial charge < -0.3 is 0 Å². The summed E-state index contributed by atoms with van der Waals surface area (Å²) in [5, 5.41) is 0. The van der Waals surface area contributed by atoms with Crippen molar-refractivity contribution in [3.05, 3.63) is 29.8 Å². The van der Waals surface area contributed by atoms with Gasteiger partial charge in [0, 0.05) is 6.54 Å². The first-order valence-electron chi connectivity index (χ1n) is 10.3. The second-order valence-corrected chi connectivity index (χ2v) is 12.0. The molecule has 0 fully saturated rings. The van der Waals surface area contributed by atoms with E-state index in [2.05, 4.69) is 0 Å². The number of hydrogen-bond donors (Lipinski definition) is 0. The fourth-order valence-electron chi connectivity index (χ4n) is 3.08. The first kappa shape index (κ1) is 31.7. The highest BCUT2D eigenvalue weighted by Gasteiger charge is 2.55. The van der Waals surface area contributed by atoms with Crippen molar-refractivity contribution in [3.8, 4) is 0 Å². The molecule has 194 valence electrons. The largest absolute Gasteiger partial charge is 0.512 e. The third-order valence-corrected chi connectivity index (χ3v) is 8.68. The summed E-state index contributed by atoms with van der Waals surface area (Å²) in [6.45, 7) is 9.88. The van der Waals surface area contributed by atoms with Crippen LogP contribution in [-0.4, -0.2) is 38.8 Å². The van der Waals surface area contributed by atoms with Gasteiger partial charge in [0.25, 0.3) is 10.0 Å². The Morgan fingerprint density at radius 1 is 0.879 bits per heavy atom. The molecular weight excluding hydrogens is 496 g/mol. The van der Waals surface area contributed by atoms with Crippen LogP contribution in [-0.2, 0) is 20.0 Å².